The number of nitrogens with zero attached hydrogens (tertiary/aromatic N) is 1. The van der Waals surface area contributed by atoms with Gasteiger partial charge in [0.2, 0.25) is 5.91 Å². The lowest BCUT2D eigenvalue weighted by Crippen LogP contribution is -2.31. The van der Waals surface area contributed by atoms with Gasteiger partial charge in [-0.05, 0) is 47.9 Å². The highest BCUT2D eigenvalue weighted by atomic mass is 35.5. The Morgan fingerprint density at radius 1 is 1.15 bits per heavy atom. The molecule has 0 saturated heterocycles. The second kappa shape index (κ2) is 7.98. The van der Waals surface area contributed by atoms with E-state index in [1.54, 1.807) is 36.2 Å². The van der Waals surface area contributed by atoms with E-state index in [9.17, 15) is 9.59 Å². The summed E-state index contributed by atoms with van der Waals surface area (Å²) < 4.78 is 5.61. The Bertz CT molecular complexity index is 855. The summed E-state index contributed by atoms with van der Waals surface area (Å²) in [7, 11) is 1.70. The summed E-state index contributed by atoms with van der Waals surface area (Å²) in [6.07, 6.45) is 1.13. The quantitative estimate of drug-likeness (QED) is 0.838. The number of amides is 2. The van der Waals surface area contributed by atoms with Crippen LogP contribution in [0.3, 0.4) is 0 Å². The summed E-state index contributed by atoms with van der Waals surface area (Å²) in [5, 5.41) is 3.76. The molecule has 0 saturated carbocycles. The van der Waals surface area contributed by atoms with Gasteiger partial charge < -0.3 is 15.0 Å². The van der Waals surface area contributed by atoms with Gasteiger partial charge in [0.25, 0.3) is 5.91 Å². The molecule has 26 heavy (non-hydrogen) atoms. The van der Waals surface area contributed by atoms with Gasteiger partial charge in [0, 0.05) is 25.7 Å². The van der Waals surface area contributed by atoms with Gasteiger partial charge >= 0.3 is 0 Å². The fourth-order valence-corrected chi connectivity index (χ4v) is 3.03. The van der Waals surface area contributed by atoms with Crippen LogP contribution in [0.5, 0.6) is 5.75 Å². The molecule has 1 aliphatic rings. The van der Waals surface area contributed by atoms with E-state index in [-0.39, 0.29) is 18.4 Å². The first-order valence-corrected chi connectivity index (χ1v) is 8.91. The van der Waals surface area contributed by atoms with Crippen molar-refractivity contribution in [1.29, 1.82) is 0 Å². The molecule has 1 heterocycles. The first kappa shape index (κ1) is 18.5. The lowest BCUT2D eigenvalue weighted by atomic mass is 10.0. The van der Waals surface area contributed by atoms with Gasteiger partial charge in [-0.15, -0.1) is 0 Å². The number of nitrogens with one attached hydrogen (secondary N) is 1. The van der Waals surface area contributed by atoms with Gasteiger partial charge in [-0.2, -0.15) is 0 Å². The molecule has 0 bridgehead atoms. The number of benzene rings is 2. The van der Waals surface area contributed by atoms with Crippen molar-refractivity contribution in [1.82, 2.24) is 4.90 Å². The maximum Gasteiger partial charge on any atom is 0.260 e. The van der Waals surface area contributed by atoms with Crippen LogP contribution in [-0.4, -0.2) is 30.4 Å². The smallest absolute Gasteiger partial charge is 0.260 e. The molecular formula is C19H18Cl2N2O3. The Balaban J connectivity index is 1.56. The maximum atomic E-state index is 12.3. The Labute approximate surface area is 161 Å². The van der Waals surface area contributed by atoms with Crippen LogP contribution in [0.2, 0.25) is 10.0 Å². The number of aryl methyl sites for hydroxylation is 1. The van der Waals surface area contributed by atoms with Crippen LogP contribution >= 0.6 is 23.2 Å². The molecule has 0 unspecified atom stereocenters. The summed E-state index contributed by atoms with van der Waals surface area (Å²) in [6.45, 7) is 0.346. The summed E-state index contributed by atoms with van der Waals surface area (Å²) >= 11 is 11.9. The average molecular weight is 393 g/mol. The van der Waals surface area contributed by atoms with Crippen LogP contribution in [-0.2, 0) is 22.6 Å². The van der Waals surface area contributed by atoms with Crippen LogP contribution in [0.4, 0.5) is 5.69 Å². The minimum Gasteiger partial charge on any atom is -0.484 e. The van der Waals surface area contributed by atoms with Crippen LogP contribution in [0.15, 0.2) is 36.4 Å². The zero-order chi connectivity index (χ0) is 18.7. The number of likely N-dealkylation sites (N-methyl/N-ethyl adjacent to an activating group) is 1. The largest absolute Gasteiger partial charge is 0.484 e. The number of rotatable bonds is 5. The van der Waals surface area contributed by atoms with Crippen molar-refractivity contribution < 1.29 is 14.3 Å². The fourth-order valence-electron chi connectivity index (χ4n) is 2.70. The van der Waals surface area contributed by atoms with Crippen molar-refractivity contribution in [3.8, 4) is 5.75 Å². The highest BCUT2D eigenvalue weighted by Gasteiger charge is 2.16. The standard InChI is InChI=1S/C19H18Cl2N2O3/c1-23(10-12-2-5-15(20)16(21)8-12)19(25)11-26-14-4-6-17-13(9-14)3-7-18(24)22-17/h2,4-6,8-9H,3,7,10-11H2,1H3,(H,22,24). The number of halogens is 2. The molecule has 0 radical (unpaired) electrons. The first-order valence-electron chi connectivity index (χ1n) is 8.16. The van der Waals surface area contributed by atoms with Gasteiger partial charge in [-0.3, -0.25) is 9.59 Å². The minimum absolute atomic E-state index is 0.0188. The van der Waals surface area contributed by atoms with Crippen LogP contribution in [0.1, 0.15) is 17.5 Å². The molecule has 5 nitrogen and oxygen atoms in total. The maximum absolute atomic E-state index is 12.3. The van der Waals surface area contributed by atoms with Gasteiger partial charge in [0.1, 0.15) is 5.75 Å². The Kier molecular flexibility index (Phi) is 5.69. The van der Waals surface area contributed by atoms with E-state index in [0.717, 1.165) is 16.8 Å². The lowest BCUT2D eigenvalue weighted by molar-refractivity contribution is -0.132. The van der Waals surface area contributed by atoms with Gasteiger partial charge in [-0.1, -0.05) is 29.3 Å². The van der Waals surface area contributed by atoms with Crippen molar-refractivity contribution in [3.05, 3.63) is 57.6 Å². The number of carbonyl (C=O) groups excluding carboxylic acids is 2. The third kappa shape index (κ3) is 4.48. The van der Waals surface area contributed by atoms with E-state index in [1.165, 1.54) is 0 Å². The Morgan fingerprint density at radius 2 is 1.96 bits per heavy atom. The fraction of sp³-hybridized carbons (Fsp3) is 0.263. The number of anilines is 1. The molecule has 0 fully saturated rings. The summed E-state index contributed by atoms with van der Waals surface area (Å²) in [6, 6.07) is 10.7. The first-order chi connectivity index (χ1) is 12.4. The van der Waals surface area contributed by atoms with Crippen molar-refractivity contribution >= 4 is 40.7 Å². The number of hydrogen-bond acceptors (Lipinski definition) is 3. The SMILES string of the molecule is CN(Cc1ccc(Cl)c(Cl)c1)C(=O)COc1ccc2c(c1)CCC(=O)N2. The molecular weight excluding hydrogens is 375 g/mol. The predicted octanol–water partition coefficient (Wildman–Crippen LogP) is 3.92. The van der Waals surface area contributed by atoms with Crippen molar-refractivity contribution in [2.45, 2.75) is 19.4 Å². The van der Waals surface area contributed by atoms with E-state index in [4.69, 9.17) is 27.9 Å². The summed E-state index contributed by atoms with van der Waals surface area (Å²) in [5.74, 6) is 0.476. The normalized spacial score (nSPS) is 13.0. The third-order valence-corrected chi connectivity index (χ3v) is 4.90. The highest BCUT2D eigenvalue weighted by molar-refractivity contribution is 6.42. The predicted molar refractivity (Wildman–Crippen MR) is 102 cm³/mol. The Morgan fingerprint density at radius 3 is 2.73 bits per heavy atom. The van der Waals surface area contributed by atoms with Gasteiger partial charge in [0.05, 0.1) is 10.0 Å². The second-order valence-corrected chi connectivity index (χ2v) is 6.97. The number of hydrogen-bond donors (Lipinski definition) is 1. The molecule has 0 atom stereocenters. The molecule has 2 aromatic carbocycles. The second-order valence-electron chi connectivity index (χ2n) is 6.15. The molecule has 2 amide bonds. The molecule has 1 aliphatic heterocycles. The van der Waals surface area contributed by atoms with Crippen LogP contribution in [0, 0.1) is 0 Å². The van der Waals surface area contributed by atoms with Crippen LogP contribution < -0.4 is 10.1 Å². The third-order valence-electron chi connectivity index (χ3n) is 4.16. The monoisotopic (exact) mass is 392 g/mol. The van der Waals surface area contributed by atoms with E-state index in [2.05, 4.69) is 5.32 Å². The molecule has 1 N–H and O–H groups in total. The number of fused-ring (bicyclic) bond motifs is 1. The molecule has 136 valence electrons. The zero-order valence-corrected chi connectivity index (χ0v) is 15.7. The topological polar surface area (TPSA) is 58.6 Å². The van der Waals surface area contributed by atoms with Gasteiger partial charge in [0.15, 0.2) is 6.61 Å². The average Bonchev–Trinajstić information content (AvgIpc) is 2.62. The van der Waals surface area contributed by atoms with E-state index < -0.39 is 0 Å². The molecule has 0 aliphatic carbocycles. The molecule has 3 rings (SSSR count). The van der Waals surface area contributed by atoms with Crippen LogP contribution in [0.25, 0.3) is 0 Å². The molecule has 0 spiro atoms. The van der Waals surface area contributed by atoms with E-state index in [1.807, 2.05) is 12.1 Å². The zero-order valence-electron chi connectivity index (χ0n) is 14.2. The lowest BCUT2D eigenvalue weighted by Gasteiger charge is -2.19. The van der Waals surface area contributed by atoms with Crippen molar-refractivity contribution in [2.24, 2.45) is 0 Å². The van der Waals surface area contributed by atoms with E-state index in [0.29, 0.717) is 35.2 Å². The Hall–Kier alpha value is -2.24. The van der Waals surface area contributed by atoms with E-state index >= 15 is 0 Å². The summed E-state index contributed by atoms with van der Waals surface area (Å²) in [4.78, 5) is 25.2. The van der Waals surface area contributed by atoms with Crippen molar-refractivity contribution in [2.75, 3.05) is 19.0 Å². The van der Waals surface area contributed by atoms with Gasteiger partial charge in [-0.25, -0.2) is 0 Å². The minimum atomic E-state index is -0.151. The molecule has 7 heteroatoms. The number of carbonyl (C=O) groups is 2. The molecule has 2 aromatic rings. The molecule has 0 aromatic heterocycles. The number of ether oxygens (including phenoxy) is 1. The highest BCUT2D eigenvalue weighted by Crippen LogP contribution is 2.27. The summed E-state index contributed by atoms with van der Waals surface area (Å²) in [5.41, 5.74) is 2.70. The van der Waals surface area contributed by atoms with Crippen molar-refractivity contribution in [3.63, 3.8) is 0 Å².